The van der Waals surface area contributed by atoms with E-state index in [-0.39, 0.29) is 17.7 Å². The first kappa shape index (κ1) is 20.3. The molecule has 1 aliphatic carbocycles. The number of nitrogens with one attached hydrogen (secondary N) is 2. The Bertz CT molecular complexity index is 915. The minimum atomic E-state index is -0.0834. The molecule has 1 aliphatic heterocycles. The Kier molecular flexibility index (Phi) is 6.26. The highest BCUT2D eigenvalue weighted by atomic mass is 16.2. The molecule has 2 amide bonds. The number of rotatable bonds is 6. The Labute approximate surface area is 177 Å². The van der Waals surface area contributed by atoms with Crippen molar-refractivity contribution in [2.75, 3.05) is 31.1 Å². The van der Waals surface area contributed by atoms with Crippen molar-refractivity contribution in [2.24, 2.45) is 5.92 Å². The summed E-state index contributed by atoms with van der Waals surface area (Å²) in [6, 6.07) is 10.1. The van der Waals surface area contributed by atoms with Crippen LogP contribution in [-0.2, 0) is 22.4 Å². The van der Waals surface area contributed by atoms with Gasteiger partial charge in [-0.1, -0.05) is 30.3 Å². The van der Waals surface area contributed by atoms with Gasteiger partial charge >= 0.3 is 0 Å². The maximum Gasteiger partial charge on any atom is 0.224 e. The molecular weight excluding hydrogens is 378 g/mol. The standard InChI is InChI=1S/C23H29N5O2/c1-16(29)24-12-13-25-23(30)18-9-6-14-28(15-18)22-19-10-5-11-20(19)26-21(27-22)17-7-3-2-4-8-17/h2-4,7-8,18H,5-6,9-15H2,1H3,(H,24,29)(H,25,30)/t18-/m0/s1. The highest BCUT2D eigenvalue weighted by molar-refractivity contribution is 5.80. The lowest BCUT2D eigenvalue weighted by atomic mass is 9.96. The average Bonchev–Trinajstić information content (AvgIpc) is 3.25. The summed E-state index contributed by atoms with van der Waals surface area (Å²) in [6.07, 6.45) is 4.94. The maximum atomic E-state index is 12.7. The number of hydrogen-bond acceptors (Lipinski definition) is 5. The summed E-state index contributed by atoms with van der Waals surface area (Å²) in [6.45, 7) is 3.97. The van der Waals surface area contributed by atoms with E-state index in [1.165, 1.54) is 12.5 Å². The molecule has 0 bridgehead atoms. The van der Waals surface area contributed by atoms with E-state index in [0.29, 0.717) is 19.6 Å². The van der Waals surface area contributed by atoms with Crippen molar-refractivity contribution >= 4 is 17.6 Å². The molecule has 2 aromatic rings. The van der Waals surface area contributed by atoms with E-state index < -0.39 is 0 Å². The average molecular weight is 408 g/mol. The Morgan fingerprint density at radius 3 is 2.67 bits per heavy atom. The quantitative estimate of drug-likeness (QED) is 0.716. The first-order chi connectivity index (χ1) is 14.6. The number of benzene rings is 1. The fraction of sp³-hybridized carbons (Fsp3) is 0.478. The van der Waals surface area contributed by atoms with E-state index in [9.17, 15) is 9.59 Å². The van der Waals surface area contributed by atoms with Crippen LogP contribution in [0.15, 0.2) is 30.3 Å². The lowest BCUT2D eigenvalue weighted by molar-refractivity contribution is -0.125. The molecule has 1 atom stereocenters. The number of carbonyl (C=O) groups is 2. The molecule has 0 saturated carbocycles. The van der Waals surface area contributed by atoms with Crippen molar-refractivity contribution in [1.82, 2.24) is 20.6 Å². The van der Waals surface area contributed by atoms with Crippen molar-refractivity contribution in [2.45, 2.75) is 39.0 Å². The van der Waals surface area contributed by atoms with Gasteiger partial charge in [0.25, 0.3) is 0 Å². The van der Waals surface area contributed by atoms with E-state index in [1.807, 2.05) is 30.3 Å². The predicted molar refractivity (Wildman–Crippen MR) is 116 cm³/mol. The van der Waals surface area contributed by atoms with Gasteiger partial charge < -0.3 is 15.5 Å². The number of nitrogens with zero attached hydrogens (tertiary/aromatic N) is 3. The number of anilines is 1. The van der Waals surface area contributed by atoms with Crippen LogP contribution in [0.1, 0.15) is 37.4 Å². The third kappa shape index (κ3) is 4.61. The third-order valence-electron chi connectivity index (χ3n) is 5.83. The normalized spacial score (nSPS) is 18.0. The molecule has 1 fully saturated rings. The zero-order chi connectivity index (χ0) is 20.9. The number of aryl methyl sites for hydroxylation is 1. The molecule has 0 radical (unpaired) electrons. The van der Waals surface area contributed by atoms with E-state index in [1.54, 1.807) is 0 Å². The van der Waals surface area contributed by atoms with Gasteiger partial charge in [-0.25, -0.2) is 9.97 Å². The fourth-order valence-corrected chi connectivity index (χ4v) is 4.34. The van der Waals surface area contributed by atoms with Crippen molar-refractivity contribution in [1.29, 1.82) is 0 Å². The van der Waals surface area contributed by atoms with Gasteiger partial charge in [0.15, 0.2) is 5.82 Å². The molecule has 1 saturated heterocycles. The number of aromatic nitrogens is 2. The molecule has 1 aromatic heterocycles. The molecular formula is C23H29N5O2. The SMILES string of the molecule is CC(=O)NCCNC(=O)[C@H]1CCCN(c2nc(-c3ccccc3)nc3c2CCC3)C1. The zero-order valence-electron chi connectivity index (χ0n) is 17.5. The summed E-state index contributed by atoms with van der Waals surface area (Å²) < 4.78 is 0. The number of carbonyl (C=O) groups excluding carboxylic acids is 2. The van der Waals surface area contributed by atoms with Crippen LogP contribution in [0.3, 0.4) is 0 Å². The minimum Gasteiger partial charge on any atom is -0.355 e. The molecule has 30 heavy (non-hydrogen) atoms. The molecule has 7 nitrogen and oxygen atoms in total. The van der Waals surface area contributed by atoms with Gasteiger partial charge in [-0.2, -0.15) is 0 Å². The Hall–Kier alpha value is -2.96. The second kappa shape index (κ2) is 9.24. The van der Waals surface area contributed by atoms with E-state index in [0.717, 1.165) is 61.5 Å². The summed E-state index contributed by atoms with van der Waals surface area (Å²) in [7, 11) is 0. The largest absolute Gasteiger partial charge is 0.355 e. The monoisotopic (exact) mass is 407 g/mol. The van der Waals surface area contributed by atoms with Crippen LogP contribution in [0.25, 0.3) is 11.4 Å². The van der Waals surface area contributed by atoms with Crippen LogP contribution >= 0.6 is 0 Å². The molecule has 7 heteroatoms. The van der Waals surface area contributed by atoms with Gasteiger partial charge in [0, 0.05) is 49.9 Å². The van der Waals surface area contributed by atoms with Crippen molar-refractivity contribution < 1.29 is 9.59 Å². The highest BCUT2D eigenvalue weighted by Crippen LogP contribution is 2.33. The lowest BCUT2D eigenvalue weighted by Crippen LogP contribution is -2.45. The Morgan fingerprint density at radius 2 is 1.87 bits per heavy atom. The molecule has 4 rings (SSSR count). The molecule has 2 aliphatic rings. The summed E-state index contributed by atoms with van der Waals surface area (Å²) >= 11 is 0. The minimum absolute atomic E-state index is 0.0547. The smallest absolute Gasteiger partial charge is 0.224 e. The van der Waals surface area contributed by atoms with Crippen LogP contribution in [0, 0.1) is 5.92 Å². The fourth-order valence-electron chi connectivity index (χ4n) is 4.34. The molecule has 0 unspecified atom stereocenters. The van der Waals surface area contributed by atoms with Gasteiger partial charge in [-0.05, 0) is 32.1 Å². The van der Waals surface area contributed by atoms with Crippen LogP contribution in [0.4, 0.5) is 5.82 Å². The molecule has 2 N–H and O–H groups in total. The maximum absolute atomic E-state index is 12.7. The first-order valence-corrected chi connectivity index (χ1v) is 10.8. The molecule has 158 valence electrons. The molecule has 0 spiro atoms. The summed E-state index contributed by atoms with van der Waals surface area (Å²) in [4.78, 5) is 35.7. The van der Waals surface area contributed by atoms with Crippen LogP contribution < -0.4 is 15.5 Å². The van der Waals surface area contributed by atoms with Crippen LogP contribution in [0.5, 0.6) is 0 Å². The Balaban J connectivity index is 1.50. The number of fused-ring (bicyclic) bond motifs is 1. The van der Waals surface area contributed by atoms with Crippen molar-refractivity contribution in [3.63, 3.8) is 0 Å². The molecule has 2 heterocycles. The summed E-state index contributed by atoms with van der Waals surface area (Å²) in [5.41, 5.74) is 3.43. The zero-order valence-corrected chi connectivity index (χ0v) is 17.5. The van der Waals surface area contributed by atoms with Gasteiger partial charge in [0.2, 0.25) is 11.8 Å². The summed E-state index contributed by atoms with van der Waals surface area (Å²) in [5.74, 6) is 1.68. The van der Waals surface area contributed by atoms with Gasteiger partial charge in [0.05, 0.1) is 5.92 Å². The number of hydrogen-bond donors (Lipinski definition) is 2. The third-order valence-corrected chi connectivity index (χ3v) is 5.83. The summed E-state index contributed by atoms with van der Waals surface area (Å²) in [5, 5.41) is 5.66. The van der Waals surface area contributed by atoms with Crippen LogP contribution in [-0.4, -0.2) is 48.0 Å². The lowest BCUT2D eigenvalue weighted by Gasteiger charge is -2.34. The first-order valence-electron chi connectivity index (χ1n) is 10.8. The van der Waals surface area contributed by atoms with Gasteiger partial charge in [0.1, 0.15) is 5.82 Å². The second-order valence-electron chi connectivity index (χ2n) is 8.07. The predicted octanol–water partition coefficient (Wildman–Crippen LogP) is 2.10. The van der Waals surface area contributed by atoms with Crippen molar-refractivity contribution in [3.05, 3.63) is 41.6 Å². The van der Waals surface area contributed by atoms with E-state index in [2.05, 4.69) is 15.5 Å². The van der Waals surface area contributed by atoms with Crippen molar-refractivity contribution in [3.8, 4) is 11.4 Å². The van der Waals surface area contributed by atoms with Gasteiger partial charge in [-0.3, -0.25) is 9.59 Å². The van der Waals surface area contributed by atoms with E-state index >= 15 is 0 Å². The number of amides is 2. The van der Waals surface area contributed by atoms with E-state index in [4.69, 9.17) is 9.97 Å². The topological polar surface area (TPSA) is 87.2 Å². The van der Waals surface area contributed by atoms with Crippen LogP contribution in [0.2, 0.25) is 0 Å². The highest BCUT2D eigenvalue weighted by Gasteiger charge is 2.30. The second-order valence-corrected chi connectivity index (χ2v) is 8.07. The molecule has 1 aromatic carbocycles. The number of piperidine rings is 1. The Morgan fingerprint density at radius 1 is 1.07 bits per heavy atom. The van der Waals surface area contributed by atoms with Gasteiger partial charge in [-0.15, -0.1) is 0 Å².